The minimum Gasteiger partial charge on any atom is -0.368 e. The fraction of sp³-hybridized carbons (Fsp3) is 0.273. The second-order valence-electron chi connectivity index (χ2n) is 3.39. The number of rotatable bonds is 4. The van der Waals surface area contributed by atoms with Crippen LogP contribution in [0, 0.1) is 6.92 Å². The van der Waals surface area contributed by atoms with Crippen molar-refractivity contribution in [3.8, 4) is 0 Å². The average Bonchev–Trinajstić information content (AvgIpc) is 2.67. The Balaban J connectivity index is 1.87. The van der Waals surface area contributed by atoms with E-state index in [0.29, 0.717) is 5.02 Å². The first-order valence-electron chi connectivity index (χ1n) is 5.01. The van der Waals surface area contributed by atoms with Crippen LogP contribution in [0.3, 0.4) is 0 Å². The van der Waals surface area contributed by atoms with Crippen molar-refractivity contribution in [3.05, 3.63) is 39.4 Å². The molecule has 0 radical (unpaired) electrons. The zero-order chi connectivity index (χ0) is 11.4. The van der Waals surface area contributed by atoms with E-state index in [9.17, 15) is 0 Å². The van der Waals surface area contributed by atoms with Gasteiger partial charge in [0.2, 0.25) is 0 Å². The summed E-state index contributed by atoms with van der Waals surface area (Å²) in [5, 5.41) is 7.04. The number of hydrogen-bond donors (Lipinski definition) is 1. The molecule has 0 aliphatic rings. The van der Waals surface area contributed by atoms with Crippen LogP contribution in [0.2, 0.25) is 5.02 Å². The lowest BCUT2D eigenvalue weighted by Crippen LogP contribution is -2.06. The third-order valence-electron chi connectivity index (χ3n) is 2.06. The minimum atomic E-state index is 0.651. The molecular weight excluding hydrogens is 242 g/mol. The zero-order valence-corrected chi connectivity index (χ0v) is 10.5. The SMILES string of the molecule is Cc1csc(CCNc2ncccc2Cl)n1. The number of anilines is 1. The van der Waals surface area contributed by atoms with Gasteiger partial charge in [-0.25, -0.2) is 9.97 Å². The molecule has 0 bridgehead atoms. The van der Waals surface area contributed by atoms with Crippen molar-refractivity contribution in [2.45, 2.75) is 13.3 Å². The van der Waals surface area contributed by atoms with E-state index in [4.69, 9.17) is 11.6 Å². The van der Waals surface area contributed by atoms with Crippen LogP contribution < -0.4 is 5.32 Å². The molecule has 0 aromatic carbocycles. The summed E-state index contributed by atoms with van der Waals surface area (Å²) in [5.41, 5.74) is 1.08. The standard InChI is InChI=1S/C11H12ClN3S/c1-8-7-16-10(15-8)4-6-14-11-9(12)3-2-5-13-11/h2-3,5,7H,4,6H2,1H3,(H,13,14). The number of halogens is 1. The molecular formula is C11H12ClN3S. The van der Waals surface area contributed by atoms with Gasteiger partial charge in [-0.05, 0) is 19.1 Å². The number of aromatic nitrogens is 2. The smallest absolute Gasteiger partial charge is 0.144 e. The topological polar surface area (TPSA) is 37.8 Å². The third-order valence-corrected chi connectivity index (χ3v) is 3.39. The van der Waals surface area contributed by atoms with Gasteiger partial charge in [-0.3, -0.25) is 0 Å². The number of nitrogens with one attached hydrogen (secondary N) is 1. The lowest BCUT2D eigenvalue weighted by atomic mass is 10.4. The monoisotopic (exact) mass is 253 g/mol. The molecule has 0 saturated carbocycles. The maximum atomic E-state index is 5.97. The van der Waals surface area contributed by atoms with E-state index in [2.05, 4.69) is 20.7 Å². The molecule has 0 spiro atoms. The number of nitrogens with zero attached hydrogens (tertiary/aromatic N) is 2. The summed E-state index contributed by atoms with van der Waals surface area (Å²) >= 11 is 7.66. The summed E-state index contributed by atoms with van der Waals surface area (Å²) < 4.78 is 0. The van der Waals surface area contributed by atoms with Gasteiger partial charge in [0.25, 0.3) is 0 Å². The summed E-state index contributed by atoms with van der Waals surface area (Å²) in [6, 6.07) is 3.64. The Labute approximate surface area is 104 Å². The Hall–Kier alpha value is -1.13. The highest BCUT2D eigenvalue weighted by molar-refractivity contribution is 7.09. The lowest BCUT2D eigenvalue weighted by molar-refractivity contribution is 0.978. The van der Waals surface area contributed by atoms with Crippen LogP contribution in [0.1, 0.15) is 10.7 Å². The number of pyridine rings is 1. The molecule has 0 saturated heterocycles. The van der Waals surface area contributed by atoms with E-state index in [1.54, 1.807) is 17.5 Å². The van der Waals surface area contributed by atoms with E-state index in [1.165, 1.54) is 0 Å². The second-order valence-corrected chi connectivity index (χ2v) is 4.74. The van der Waals surface area contributed by atoms with E-state index >= 15 is 0 Å². The molecule has 2 heterocycles. The third kappa shape index (κ3) is 2.93. The van der Waals surface area contributed by atoms with Gasteiger partial charge in [0, 0.05) is 30.2 Å². The molecule has 2 aromatic rings. The highest BCUT2D eigenvalue weighted by atomic mass is 35.5. The first kappa shape index (κ1) is 11.4. The van der Waals surface area contributed by atoms with E-state index in [1.807, 2.05) is 19.1 Å². The van der Waals surface area contributed by atoms with Crippen molar-refractivity contribution in [2.24, 2.45) is 0 Å². The van der Waals surface area contributed by atoms with Crippen LogP contribution in [0.4, 0.5) is 5.82 Å². The summed E-state index contributed by atoms with van der Waals surface area (Å²) in [6.45, 7) is 2.80. The summed E-state index contributed by atoms with van der Waals surface area (Å²) in [7, 11) is 0. The zero-order valence-electron chi connectivity index (χ0n) is 8.90. The predicted molar refractivity (Wildman–Crippen MR) is 68.3 cm³/mol. The normalized spacial score (nSPS) is 10.4. The fourth-order valence-corrected chi connectivity index (χ4v) is 2.29. The molecule has 0 aliphatic heterocycles. The van der Waals surface area contributed by atoms with Crippen molar-refractivity contribution >= 4 is 28.8 Å². The van der Waals surface area contributed by atoms with Gasteiger partial charge in [0.05, 0.1) is 10.0 Å². The molecule has 84 valence electrons. The van der Waals surface area contributed by atoms with Crippen LogP contribution in [0.25, 0.3) is 0 Å². The summed E-state index contributed by atoms with van der Waals surface area (Å²) in [6.07, 6.45) is 2.62. The molecule has 0 unspecified atom stereocenters. The highest BCUT2D eigenvalue weighted by Crippen LogP contribution is 2.17. The number of thiazole rings is 1. The lowest BCUT2D eigenvalue weighted by Gasteiger charge is -2.05. The Morgan fingerprint density at radius 1 is 1.50 bits per heavy atom. The Bertz CT molecular complexity index is 470. The van der Waals surface area contributed by atoms with Gasteiger partial charge in [0.15, 0.2) is 0 Å². The van der Waals surface area contributed by atoms with E-state index in [0.717, 1.165) is 29.5 Å². The van der Waals surface area contributed by atoms with E-state index in [-0.39, 0.29) is 0 Å². The van der Waals surface area contributed by atoms with Gasteiger partial charge in [0.1, 0.15) is 5.82 Å². The molecule has 0 aliphatic carbocycles. The van der Waals surface area contributed by atoms with Crippen molar-refractivity contribution in [2.75, 3.05) is 11.9 Å². The maximum absolute atomic E-state index is 5.97. The molecule has 2 aromatic heterocycles. The van der Waals surface area contributed by atoms with Gasteiger partial charge < -0.3 is 5.32 Å². The Kier molecular flexibility index (Phi) is 3.74. The van der Waals surface area contributed by atoms with Crippen LogP contribution in [0.15, 0.2) is 23.7 Å². The van der Waals surface area contributed by atoms with Crippen LogP contribution in [-0.4, -0.2) is 16.5 Å². The van der Waals surface area contributed by atoms with Gasteiger partial charge >= 0.3 is 0 Å². The molecule has 1 N–H and O–H groups in total. The van der Waals surface area contributed by atoms with Gasteiger partial charge in [-0.2, -0.15) is 0 Å². The quantitative estimate of drug-likeness (QED) is 0.910. The Morgan fingerprint density at radius 3 is 3.06 bits per heavy atom. The molecule has 0 fully saturated rings. The molecule has 0 amide bonds. The van der Waals surface area contributed by atoms with Crippen molar-refractivity contribution in [1.29, 1.82) is 0 Å². The number of hydrogen-bond acceptors (Lipinski definition) is 4. The van der Waals surface area contributed by atoms with Crippen molar-refractivity contribution in [1.82, 2.24) is 9.97 Å². The summed E-state index contributed by atoms with van der Waals surface area (Å²) in [5.74, 6) is 0.734. The number of aryl methyl sites for hydroxylation is 1. The van der Waals surface area contributed by atoms with Gasteiger partial charge in [-0.1, -0.05) is 11.6 Å². The maximum Gasteiger partial charge on any atom is 0.144 e. The van der Waals surface area contributed by atoms with Crippen molar-refractivity contribution in [3.63, 3.8) is 0 Å². The second kappa shape index (κ2) is 5.27. The van der Waals surface area contributed by atoms with Crippen LogP contribution in [0.5, 0.6) is 0 Å². The van der Waals surface area contributed by atoms with Crippen LogP contribution >= 0.6 is 22.9 Å². The van der Waals surface area contributed by atoms with E-state index < -0.39 is 0 Å². The predicted octanol–water partition coefficient (Wildman–Crippen LogP) is 3.15. The molecule has 2 rings (SSSR count). The van der Waals surface area contributed by atoms with Gasteiger partial charge in [-0.15, -0.1) is 11.3 Å². The van der Waals surface area contributed by atoms with Crippen molar-refractivity contribution < 1.29 is 0 Å². The fourth-order valence-electron chi connectivity index (χ4n) is 1.32. The minimum absolute atomic E-state index is 0.651. The molecule has 3 nitrogen and oxygen atoms in total. The molecule has 5 heteroatoms. The largest absolute Gasteiger partial charge is 0.368 e. The first-order valence-corrected chi connectivity index (χ1v) is 6.27. The van der Waals surface area contributed by atoms with Crippen LogP contribution in [-0.2, 0) is 6.42 Å². The Morgan fingerprint density at radius 2 is 2.38 bits per heavy atom. The molecule has 16 heavy (non-hydrogen) atoms. The first-order chi connectivity index (χ1) is 7.75. The molecule has 0 atom stereocenters. The summed E-state index contributed by atoms with van der Waals surface area (Å²) in [4.78, 5) is 8.54. The average molecular weight is 254 g/mol. The highest BCUT2D eigenvalue weighted by Gasteiger charge is 2.01.